The van der Waals surface area contributed by atoms with Crippen LogP contribution in [0.4, 0.5) is 4.79 Å². The number of piperidine rings is 1. The van der Waals surface area contributed by atoms with Crippen molar-refractivity contribution in [1.82, 2.24) is 15.1 Å². The number of hydrogen-bond donors (Lipinski definition) is 2. The molecule has 25 heavy (non-hydrogen) atoms. The number of urea groups is 1. The Morgan fingerprint density at radius 3 is 2.52 bits per heavy atom. The number of amides is 4. The number of likely N-dealkylation sites (tertiary alicyclic amines) is 1. The van der Waals surface area contributed by atoms with E-state index in [0.29, 0.717) is 25.9 Å². The largest absolute Gasteiger partial charge is 0.342 e. The van der Waals surface area contributed by atoms with Gasteiger partial charge in [0.15, 0.2) is 0 Å². The summed E-state index contributed by atoms with van der Waals surface area (Å²) in [4.78, 5) is 40.2. The molecule has 4 amide bonds. The molecule has 0 bridgehead atoms. The van der Waals surface area contributed by atoms with E-state index in [0.717, 1.165) is 19.3 Å². The molecule has 0 aromatic rings. The summed E-state index contributed by atoms with van der Waals surface area (Å²) in [7, 11) is 0. The van der Waals surface area contributed by atoms with Gasteiger partial charge < -0.3 is 16.0 Å². The van der Waals surface area contributed by atoms with Crippen molar-refractivity contribution in [2.75, 3.05) is 19.6 Å². The first kappa shape index (κ1) is 20.0. The number of nitrogens with two attached hydrogens (primary N) is 1. The van der Waals surface area contributed by atoms with E-state index in [1.807, 2.05) is 4.90 Å². The minimum atomic E-state index is -0.694. The Morgan fingerprint density at radius 1 is 1.28 bits per heavy atom. The van der Waals surface area contributed by atoms with Gasteiger partial charge in [0.1, 0.15) is 5.54 Å². The van der Waals surface area contributed by atoms with Crippen molar-refractivity contribution >= 4 is 30.3 Å². The zero-order valence-electron chi connectivity index (χ0n) is 15.0. The highest BCUT2D eigenvalue weighted by molar-refractivity contribution is 6.07. The molecule has 1 aliphatic carbocycles. The molecule has 0 radical (unpaired) electrons. The third-order valence-electron chi connectivity index (χ3n) is 5.92. The van der Waals surface area contributed by atoms with E-state index in [2.05, 4.69) is 19.2 Å². The molecule has 1 unspecified atom stereocenters. The molecular formula is C17H29ClN4O3. The monoisotopic (exact) mass is 372 g/mol. The fraction of sp³-hybridized carbons (Fsp3) is 0.824. The molecule has 3 aliphatic rings. The molecule has 3 rings (SSSR count). The number of hydrogen-bond acceptors (Lipinski definition) is 4. The van der Waals surface area contributed by atoms with Crippen LogP contribution < -0.4 is 11.1 Å². The molecule has 8 heteroatoms. The highest BCUT2D eigenvalue weighted by Gasteiger charge is 2.52. The van der Waals surface area contributed by atoms with Crippen molar-refractivity contribution in [3.05, 3.63) is 0 Å². The van der Waals surface area contributed by atoms with Gasteiger partial charge in [-0.15, -0.1) is 12.4 Å². The predicted molar refractivity (Wildman–Crippen MR) is 96.3 cm³/mol. The molecule has 142 valence electrons. The molecule has 2 aliphatic heterocycles. The Kier molecular flexibility index (Phi) is 5.68. The molecule has 1 saturated carbocycles. The lowest BCUT2D eigenvalue weighted by Crippen LogP contribution is -2.54. The lowest BCUT2D eigenvalue weighted by atomic mass is 9.79. The van der Waals surface area contributed by atoms with Gasteiger partial charge in [-0.25, -0.2) is 4.79 Å². The van der Waals surface area contributed by atoms with E-state index in [4.69, 9.17) is 5.73 Å². The summed E-state index contributed by atoms with van der Waals surface area (Å²) in [6.07, 6.45) is 4.30. The van der Waals surface area contributed by atoms with Gasteiger partial charge in [-0.2, -0.15) is 0 Å². The highest BCUT2D eigenvalue weighted by atomic mass is 35.5. The van der Waals surface area contributed by atoms with Crippen LogP contribution in [-0.4, -0.2) is 58.9 Å². The highest BCUT2D eigenvalue weighted by Crippen LogP contribution is 2.35. The maximum Gasteiger partial charge on any atom is 0.325 e. The summed E-state index contributed by atoms with van der Waals surface area (Å²) in [5.74, 6) is -0.165. The first-order valence-corrected chi connectivity index (χ1v) is 8.93. The molecule has 0 aromatic heterocycles. The Hall–Kier alpha value is -1.34. The molecule has 2 heterocycles. The Morgan fingerprint density at radius 2 is 1.92 bits per heavy atom. The molecule has 3 N–H and O–H groups in total. The van der Waals surface area contributed by atoms with Crippen LogP contribution in [0.5, 0.6) is 0 Å². The van der Waals surface area contributed by atoms with Crippen LogP contribution in [0.2, 0.25) is 0 Å². The van der Waals surface area contributed by atoms with Crippen LogP contribution in [0.3, 0.4) is 0 Å². The zero-order chi connectivity index (χ0) is 17.5. The predicted octanol–water partition coefficient (Wildman–Crippen LogP) is 1.25. The van der Waals surface area contributed by atoms with Crippen LogP contribution >= 0.6 is 12.4 Å². The lowest BCUT2D eigenvalue weighted by Gasteiger charge is -2.42. The van der Waals surface area contributed by atoms with Crippen molar-refractivity contribution in [3.8, 4) is 0 Å². The van der Waals surface area contributed by atoms with Gasteiger partial charge in [0.25, 0.3) is 5.91 Å². The molecule has 1 atom stereocenters. The Labute approximate surface area is 155 Å². The molecule has 1 spiro atoms. The number of nitrogens with one attached hydrogen (secondary N) is 1. The van der Waals surface area contributed by atoms with Gasteiger partial charge in [0, 0.05) is 32.1 Å². The zero-order valence-corrected chi connectivity index (χ0v) is 15.9. The minimum Gasteiger partial charge on any atom is -0.342 e. The maximum atomic E-state index is 12.6. The molecule has 3 fully saturated rings. The first-order valence-electron chi connectivity index (χ1n) is 8.93. The van der Waals surface area contributed by atoms with Gasteiger partial charge in [0.2, 0.25) is 5.91 Å². The summed E-state index contributed by atoms with van der Waals surface area (Å²) in [6, 6.07) is -0.259. The van der Waals surface area contributed by atoms with Gasteiger partial charge in [-0.1, -0.05) is 26.7 Å². The standard InChI is InChI=1S/C17H28N4O3.ClH/c1-16(2)11-20(9-5-12(16)18)13(22)6-10-21-14(23)17(19-15(21)24)7-3-4-8-17;/h12H,3-11,18H2,1-2H3,(H,19,24);1H. The second-order valence-electron chi connectivity index (χ2n) is 8.13. The fourth-order valence-electron chi connectivity index (χ4n) is 4.15. The number of halogens is 1. The van der Waals surface area contributed by atoms with Crippen LogP contribution in [0.1, 0.15) is 52.4 Å². The third kappa shape index (κ3) is 3.62. The summed E-state index contributed by atoms with van der Waals surface area (Å²) < 4.78 is 0. The Bertz CT molecular complexity index is 560. The summed E-state index contributed by atoms with van der Waals surface area (Å²) in [6.45, 7) is 5.57. The van der Waals surface area contributed by atoms with Crippen LogP contribution in [-0.2, 0) is 9.59 Å². The second-order valence-corrected chi connectivity index (χ2v) is 8.13. The summed E-state index contributed by atoms with van der Waals surface area (Å²) >= 11 is 0. The molecule has 2 saturated heterocycles. The first-order chi connectivity index (χ1) is 11.3. The van der Waals surface area contributed by atoms with Gasteiger partial charge in [-0.3, -0.25) is 14.5 Å². The van der Waals surface area contributed by atoms with Crippen molar-refractivity contribution < 1.29 is 14.4 Å². The van der Waals surface area contributed by atoms with Crippen molar-refractivity contribution in [3.63, 3.8) is 0 Å². The van der Waals surface area contributed by atoms with Crippen LogP contribution in [0.25, 0.3) is 0 Å². The topological polar surface area (TPSA) is 95.7 Å². The van der Waals surface area contributed by atoms with Gasteiger partial charge >= 0.3 is 6.03 Å². The minimum absolute atomic E-state index is 0. The number of carbonyl (C=O) groups is 3. The maximum absolute atomic E-state index is 12.6. The van der Waals surface area contributed by atoms with Crippen molar-refractivity contribution in [2.24, 2.45) is 11.1 Å². The average Bonchev–Trinajstić information content (AvgIpc) is 3.07. The third-order valence-corrected chi connectivity index (χ3v) is 5.92. The van der Waals surface area contributed by atoms with E-state index in [-0.39, 0.29) is 54.7 Å². The van der Waals surface area contributed by atoms with Crippen LogP contribution in [0.15, 0.2) is 0 Å². The fourth-order valence-corrected chi connectivity index (χ4v) is 4.15. The van der Waals surface area contributed by atoms with Gasteiger partial charge in [-0.05, 0) is 24.7 Å². The Balaban J connectivity index is 0.00000225. The van der Waals surface area contributed by atoms with E-state index in [1.165, 1.54) is 4.90 Å². The SMILES string of the molecule is CC1(C)CN(C(=O)CCN2C(=O)NC3(CCCC3)C2=O)CCC1N.Cl. The van der Waals surface area contributed by atoms with Crippen LogP contribution in [0, 0.1) is 5.41 Å². The number of carbonyl (C=O) groups excluding carboxylic acids is 3. The lowest BCUT2D eigenvalue weighted by molar-refractivity contribution is -0.136. The second kappa shape index (κ2) is 7.11. The number of imide groups is 1. The van der Waals surface area contributed by atoms with E-state index < -0.39 is 5.54 Å². The average molecular weight is 373 g/mol. The number of rotatable bonds is 3. The smallest absolute Gasteiger partial charge is 0.325 e. The van der Waals surface area contributed by atoms with Gasteiger partial charge in [0.05, 0.1) is 0 Å². The van der Waals surface area contributed by atoms with E-state index in [9.17, 15) is 14.4 Å². The van der Waals surface area contributed by atoms with E-state index >= 15 is 0 Å². The molecule has 0 aromatic carbocycles. The summed E-state index contributed by atoms with van der Waals surface area (Å²) in [5.41, 5.74) is 5.30. The van der Waals surface area contributed by atoms with Crippen molar-refractivity contribution in [2.45, 2.75) is 64.0 Å². The van der Waals surface area contributed by atoms with E-state index in [1.54, 1.807) is 0 Å². The van der Waals surface area contributed by atoms with Crippen molar-refractivity contribution in [1.29, 1.82) is 0 Å². The quantitative estimate of drug-likeness (QED) is 0.729. The molecular weight excluding hydrogens is 344 g/mol. The molecule has 7 nitrogen and oxygen atoms in total. The number of nitrogens with zero attached hydrogens (tertiary/aromatic N) is 2. The normalized spacial score (nSPS) is 27.4. The summed E-state index contributed by atoms with van der Waals surface area (Å²) in [5, 5.41) is 2.85.